The van der Waals surface area contributed by atoms with Crippen LogP contribution in [-0.2, 0) is 18.4 Å². The topological polar surface area (TPSA) is 20.2 Å². The molecule has 0 fully saturated rings. The van der Waals surface area contributed by atoms with Crippen LogP contribution < -0.4 is 0 Å². The molecule has 0 saturated heterocycles. The van der Waals surface area contributed by atoms with Crippen molar-refractivity contribution in [2.75, 3.05) is 0 Å². The summed E-state index contributed by atoms with van der Waals surface area (Å²) in [6, 6.07) is 15.2. The lowest BCUT2D eigenvalue weighted by Gasteiger charge is -2.26. The van der Waals surface area contributed by atoms with Crippen LogP contribution in [-0.4, -0.2) is 5.11 Å². The predicted octanol–water partition coefficient (Wildman–Crippen LogP) is 6.51. The number of aliphatic hydroxyl groups is 1. The standard InChI is InChI=1S/C24H34O/c1-7-14-23(3,4)17-20-15-18(8-2)12-13-22(20)19-10-9-11-21(16-19)24(5,6)25/h9-13,15-16,25H,7-8,14,17H2,1-6H3. The predicted molar refractivity (Wildman–Crippen MR) is 109 cm³/mol. The Morgan fingerprint density at radius 2 is 1.64 bits per heavy atom. The van der Waals surface area contributed by atoms with Crippen molar-refractivity contribution >= 4 is 0 Å². The van der Waals surface area contributed by atoms with Gasteiger partial charge in [0.1, 0.15) is 0 Å². The number of hydrogen-bond donors (Lipinski definition) is 1. The molecular formula is C24H34O. The highest BCUT2D eigenvalue weighted by Crippen LogP contribution is 2.34. The van der Waals surface area contributed by atoms with Crippen LogP contribution >= 0.6 is 0 Å². The summed E-state index contributed by atoms with van der Waals surface area (Å²) in [5.41, 5.74) is 5.75. The van der Waals surface area contributed by atoms with Crippen molar-refractivity contribution in [2.24, 2.45) is 5.41 Å². The molecule has 1 nitrogen and oxygen atoms in total. The molecular weight excluding hydrogens is 304 g/mol. The summed E-state index contributed by atoms with van der Waals surface area (Å²) in [5.74, 6) is 0. The minimum atomic E-state index is -0.818. The fourth-order valence-corrected chi connectivity index (χ4v) is 3.64. The second-order valence-electron chi connectivity index (χ2n) is 8.58. The third-order valence-electron chi connectivity index (χ3n) is 5.05. The van der Waals surface area contributed by atoms with Crippen molar-refractivity contribution in [1.82, 2.24) is 0 Å². The molecule has 0 atom stereocenters. The molecule has 25 heavy (non-hydrogen) atoms. The Kier molecular flexibility index (Phi) is 6.11. The molecule has 0 spiro atoms. The van der Waals surface area contributed by atoms with Crippen molar-refractivity contribution in [3.63, 3.8) is 0 Å². The largest absolute Gasteiger partial charge is 0.386 e. The van der Waals surface area contributed by atoms with Crippen LogP contribution in [0.2, 0.25) is 0 Å². The van der Waals surface area contributed by atoms with Crippen LogP contribution in [0.15, 0.2) is 42.5 Å². The highest BCUT2D eigenvalue weighted by molar-refractivity contribution is 5.69. The molecule has 1 heteroatoms. The van der Waals surface area contributed by atoms with E-state index in [0.717, 1.165) is 18.4 Å². The summed E-state index contributed by atoms with van der Waals surface area (Å²) in [6.45, 7) is 12.9. The Labute approximate surface area is 154 Å². The lowest BCUT2D eigenvalue weighted by atomic mass is 9.79. The fraction of sp³-hybridized carbons (Fsp3) is 0.500. The van der Waals surface area contributed by atoms with E-state index in [1.807, 2.05) is 19.9 Å². The Balaban J connectivity index is 2.50. The van der Waals surface area contributed by atoms with E-state index in [9.17, 15) is 5.11 Å². The van der Waals surface area contributed by atoms with Gasteiger partial charge in [-0.3, -0.25) is 0 Å². The van der Waals surface area contributed by atoms with Gasteiger partial charge in [-0.05, 0) is 72.4 Å². The number of rotatable bonds is 7. The lowest BCUT2D eigenvalue weighted by molar-refractivity contribution is 0.0786. The molecule has 0 amide bonds. The van der Waals surface area contributed by atoms with Crippen LogP contribution in [0.4, 0.5) is 0 Å². The summed E-state index contributed by atoms with van der Waals surface area (Å²) < 4.78 is 0. The quantitative estimate of drug-likeness (QED) is 0.610. The summed E-state index contributed by atoms with van der Waals surface area (Å²) in [4.78, 5) is 0. The van der Waals surface area contributed by atoms with Gasteiger partial charge >= 0.3 is 0 Å². The SMILES string of the molecule is CCCC(C)(C)Cc1cc(CC)ccc1-c1cccc(C(C)(C)O)c1. The van der Waals surface area contributed by atoms with Gasteiger partial charge in [-0.1, -0.05) is 70.5 Å². The smallest absolute Gasteiger partial charge is 0.0840 e. The van der Waals surface area contributed by atoms with E-state index in [2.05, 4.69) is 64.1 Å². The summed E-state index contributed by atoms with van der Waals surface area (Å²) in [7, 11) is 0. The minimum Gasteiger partial charge on any atom is -0.386 e. The maximum absolute atomic E-state index is 10.4. The van der Waals surface area contributed by atoms with E-state index in [-0.39, 0.29) is 0 Å². The molecule has 0 saturated carbocycles. The first-order chi connectivity index (χ1) is 11.7. The average molecular weight is 339 g/mol. The Morgan fingerprint density at radius 3 is 2.24 bits per heavy atom. The molecule has 0 aromatic heterocycles. The molecule has 0 aliphatic rings. The van der Waals surface area contributed by atoms with E-state index in [1.165, 1.54) is 35.1 Å². The first-order valence-electron chi connectivity index (χ1n) is 9.61. The van der Waals surface area contributed by atoms with Crippen molar-refractivity contribution in [3.8, 4) is 11.1 Å². The maximum atomic E-state index is 10.4. The van der Waals surface area contributed by atoms with E-state index in [4.69, 9.17) is 0 Å². The van der Waals surface area contributed by atoms with Gasteiger partial charge in [0.05, 0.1) is 5.60 Å². The van der Waals surface area contributed by atoms with E-state index in [1.54, 1.807) is 0 Å². The molecule has 2 aromatic carbocycles. The molecule has 1 N–H and O–H groups in total. The first kappa shape index (κ1) is 19.7. The average Bonchev–Trinajstić information content (AvgIpc) is 2.53. The van der Waals surface area contributed by atoms with Crippen LogP contribution in [0.25, 0.3) is 11.1 Å². The highest BCUT2D eigenvalue weighted by Gasteiger charge is 2.21. The summed E-state index contributed by atoms with van der Waals surface area (Å²) >= 11 is 0. The zero-order chi connectivity index (χ0) is 18.7. The van der Waals surface area contributed by atoms with Gasteiger partial charge in [-0.25, -0.2) is 0 Å². The highest BCUT2D eigenvalue weighted by atomic mass is 16.3. The van der Waals surface area contributed by atoms with Gasteiger partial charge in [0.25, 0.3) is 0 Å². The molecule has 2 rings (SSSR count). The van der Waals surface area contributed by atoms with E-state index < -0.39 is 5.60 Å². The van der Waals surface area contributed by atoms with Crippen LogP contribution in [0.3, 0.4) is 0 Å². The Hall–Kier alpha value is -1.60. The van der Waals surface area contributed by atoms with Gasteiger partial charge in [0, 0.05) is 0 Å². The number of aryl methyl sites for hydroxylation is 1. The van der Waals surface area contributed by atoms with Crippen molar-refractivity contribution < 1.29 is 5.11 Å². The Bertz CT molecular complexity index is 704. The second kappa shape index (κ2) is 7.74. The lowest BCUT2D eigenvalue weighted by Crippen LogP contribution is -2.16. The van der Waals surface area contributed by atoms with Gasteiger partial charge < -0.3 is 5.11 Å². The summed E-state index contributed by atoms with van der Waals surface area (Å²) in [6.07, 6.45) is 4.58. The van der Waals surface area contributed by atoms with Crippen LogP contribution in [0.1, 0.15) is 71.1 Å². The van der Waals surface area contributed by atoms with Crippen molar-refractivity contribution in [1.29, 1.82) is 0 Å². The van der Waals surface area contributed by atoms with Crippen LogP contribution in [0.5, 0.6) is 0 Å². The molecule has 0 aliphatic heterocycles. The molecule has 136 valence electrons. The van der Waals surface area contributed by atoms with Gasteiger partial charge in [0.2, 0.25) is 0 Å². The maximum Gasteiger partial charge on any atom is 0.0840 e. The zero-order valence-corrected chi connectivity index (χ0v) is 16.8. The third kappa shape index (κ3) is 5.19. The molecule has 0 aliphatic carbocycles. The molecule has 0 bridgehead atoms. The first-order valence-corrected chi connectivity index (χ1v) is 9.61. The molecule has 0 heterocycles. The molecule has 0 radical (unpaired) electrons. The van der Waals surface area contributed by atoms with Crippen molar-refractivity contribution in [3.05, 3.63) is 59.2 Å². The normalized spacial score (nSPS) is 12.4. The third-order valence-corrected chi connectivity index (χ3v) is 5.05. The molecule has 0 unspecified atom stereocenters. The van der Waals surface area contributed by atoms with Crippen molar-refractivity contribution in [2.45, 2.75) is 72.8 Å². The summed E-state index contributed by atoms with van der Waals surface area (Å²) in [5, 5.41) is 10.4. The van der Waals surface area contributed by atoms with Gasteiger partial charge in [-0.15, -0.1) is 0 Å². The fourth-order valence-electron chi connectivity index (χ4n) is 3.64. The second-order valence-corrected chi connectivity index (χ2v) is 8.58. The Morgan fingerprint density at radius 1 is 0.920 bits per heavy atom. The van der Waals surface area contributed by atoms with Crippen LogP contribution in [0, 0.1) is 5.41 Å². The monoisotopic (exact) mass is 338 g/mol. The minimum absolute atomic E-state index is 0.295. The van der Waals surface area contributed by atoms with E-state index >= 15 is 0 Å². The van der Waals surface area contributed by atoms with Gasteiger partial charge in [-0.2, -0.15) is 0 Å². The zero-order valence-electron chi connectivity index (χ0n) is 16.8. The number of benzene rings is 2. The molecule has 2 aromatic rings. The van der Waals surface area contributed by atoms with E-state index in [0.29, 0.717) is 5.41 Å². The van der Waals surface area contributed by atoms with Gasteiger partial charge in [0.15, 0.2) is 0 Å². The number of hydrogen-bond acceptors (Lipinski definition) is 1.